The van der Waals surface area contributed by atoms with E-state index < -0.39 is 0 Å². The van der Waals surface area contributed by atoms with Crippen LogP contribution < -0.4 is 9.47 Å². The van der Waals surface area contributed by atoms with Crippen molar-refractivity contribution in [3.8, 4) is 11.5 Å². The lowest BCUT2D eigenvalue weighted by atomic mass is 10.1. The van der Waals surface area contributed by atoms with Crippen molar-refractivity contribution < 1.29 is 14.3 Å². The second kappa shape index (κ2) is 10.2. The first kappa shape index (κ1) is 21.8. The molecular weight excluding hydrogens is 400 g/mol. The number of methoxy groups -OCH3 is 2. The lowest BCUT2D eigenvalue weighted by Crippen LogP contribution is -2.32. The quantitative estimate of drug-likeness (QED) is 0.468. The molecule has 0 saturated heterocycles. The van der Waals surface area contributed by atoms with Crippen LogP contribution in [-0.4, -0.2) is 36.1 Å². The lowest BCUT2D eigenvalue weighted by Gasteiger charge is -2.25. The van der Waals surface area contributed by atoms with Crippen molar-refractivity contribution in [3.63, 3.8) is 0 Å². The van der Waals surface area contributed by atoms with E-state index in [-0.39, 0.29) is 5.91 Å². The molecule has 0 bridgehead atoms. The minimum atomic E-state index is -0.114. The Bertz CT molecular complexity index is 977. The van der Waals surface area contributed by atoms with Crippen LogP contribution in [0, 0.1) is 0 Å². The van der Waals surface area contributed by atoms with Crippen molar-refractivity contribution in [1.82, 2.24) is 9.47 Å². The van der Waals surface area contributed by atoms with Gasteiger partial charge in [0.2, 0.25) is 0 Å². The molecule has 1 amide bonds. The van der Waals surface area contributed by atoms with Crippen molar-refractivity contribution in [1.29, 1.82) is 0 Å². The maximum atomic E-state index is 13.5. The largest absolute Gasteiger partial charge is 0.496 e. The van der Waals surface area contributed by atoms with E-state index in [4.69, 9.17) is 21.1 Å². The number of hydrogen-bond acceptors (Lipinski definition) is 3. The molecule has 5 nitrogen and oxygen atoms in total. The Morgan fingerprint density at radius 2 is 1.70 bits per heavy atom. The average Bonchev–Trinajstić information content (AvgIpc) is 3.20. The monoisotopic (exact) mass is 426 g/mol. The summed E-state index contributed by atoms with van der Waals surface area (Å²) in [7, 11) is 3.12. The molecule has 3 rings (SSSR count). The molecule has 2 aromatic carbocycles. The number of halogens is 1. The van der Waals surface area contributed by atoms with Crippen molar-refractivity contribution in [2.24, 2.45) is 0 Å². The molecular formula is C24H27ClN2O3. The molecule has 0 N–H and O–H groups in total. The van der Waals surface area contributed by atoms with Gasteiger partial charge in [-0.1, -0.05) is 42.8 Å². The Morgan fingerprint density at radius 3 is 2.33 bits per heavy atom. The molecule has 3 aromatic rings. The van der Waals surface area contributed by atoms with Gasteiger partial charge in [0.25, 0.3) is 5.91 Å². The van der Waals surface area contributed by atoms with Crippen LogP contribution in [0.1, 0.15) is 35.0 Å². The fraction of sp³-hybridized carbons (Fsp3) is 0.292. The van der Waals surface area contributed by atoms with Gasteiger partial charge < -0.3 is 18.9 Å². The summed E-state index contributed by atoms with van der Waals surface area (Å²) >= 11 is 6.34. The van der Waals surface area contributed by atoms with Gasteiger partial charge in [-0.2, -0.15) is 0 Å². The number of nitrogens with zero attached hydrogens (tertiary/aromatic N) is 2. The van der Waals surface area contributed by atoms with E-state index in [1.54, 1.807) is 26.4 Å². The normalized spacial score (nSPS) is 10.7. The van der Waals surface area contributed by atoms with E-state index in [0.717, 1.165) is 22.7 Å². The highest BCUT2D eigenvalue weighted by atomic mass is 35.5. The fourth-order valence-electron chi connectivity index (χ4n) is 3.50. The Labute approximate surface area is 182 Å². The predicted molar refractivity (Wildman–Crippen MR) is 120 cm³/mol. The summed E-state index contributed by atoms with van der Waals surface area (Å²) in [5.41, 5.74) is 2.52. The summed E-state index contributed by atoms with van der Waals surface area (Å²) in [4.78, 5) is 15.3. The molecule has 0 saturated carbocycles. The van der Waals surface area contributed by atoms with Crippen molar-refractivity contribution >= 4 is 17.5 Å². The number of carbonyl (C=O) groups is 1. The second-order valence-electron chi connectivity index (χ2n) is 6.98. The number of carbonyl (C=O) groups excluding carboxylic acids is 1. The first-order valence-electron chi connectivity index (χ1n) is 9.96. The topological polar surface area (TPSA) is 43.7 Å². The molecule has 1 heterocycles. The van der Waals surface area contributed by atoms with Gasteiger partial charge in [0.05, 0.1) is 20.8 Å². The van der Waals surface area contributed by atoms with Gasteiger partial charge in [-0.25, -0.2) is 0 Å². The highest BCUT2D eigenvalue weighted by molar-refractivity contribution is 6.31. The summed E-state index contributed by atoms with van der Waals surface area (Å²) in [6.07, 6.45) is 2.85. The van der Waals surface area contributed by atoms with Gasteiger partial charge in [0, 0.05) is 30.0 Å². The summed E-state index contributed by atoms with van der Waals surface area (Å²) < 4.78 is 13.0. The highest BCUT2D eigenvalue weighted by Gasteiger charge is 2.24. The smallest absolute Gasteiger partial charge is 0.261 e. The number of amides is 1. The summed E-state index contributed by atoms with van der Waals surface area (Å²) in [5, 5.41) is 0.734. The number of hydrogen-bond donors (Lipinski definition) is 0. The van der Waals surface area contributed by atoms with E-state index in [9.17, 15) is 4.79 Å². The third-order valence-electron chi connectivity index (χ3n) is 5.00. The third-order valence-corrected chi connectivity index (χ3v) is 5.37. The molecule has 0 aliphatic heterocycles. The van der Waals surface area contributed by atoms with Crippen molar-refractivity contribution in [2.75, 3.05) is 20.8 Å². The van der Waals surface area contributed by atoms with E-state index in [2.05, 4.69) is 11.5 Å². The Hall–Kier alpha value is -2.92. The molecule has 30 heavy (non-hydrogen) atoms. The summed E-state index contributed by atoms with van der Waals surface area (Å²) in [5.74, 6) is 0.899. The van der Waals surface area contributed by atoms with Crippen molar-refractivity contribution in [2.45, 2.75) is 26.4 Å². The Balaban J connectivity index is 1.89. The van der Waals surface area contributed by atoms with Crippen LogP contribution in [0.25, 0.3) is 0 Å². The number of rotatable bonds is 9. The molecule has 0 atom stereocenters. The van der Waals surface area contributed by atoms with E-state index in [1.165, 1.54) is 0 Å². The van der Waals surface area contributed by atoms with E-state index in [0.29, 0.717) is 36.7 Å². The summed E-state index contributed by atoms with van der Waals surface area (Å²) in [6.45, 7) is 3.80. The molecule has 1 aromatic heterocycles. The summed E-state index contributed by atoms with van der Waals surface area (Å²) in [6, 6.07) is 17.2. The fourth-order valence-corrected chi connectivity index (χ4v) is 3.69. The van der Waals surface area contributed by atoms with Crippen LogP contribution >= 0.6 is 11.6 Å². The van der Waals surface area contributed by atoms with Gasteiger partial charge in [0.15, 0.2) is 0 Å². The molecule has 0 spiro atoms. The maximum Gasteiger partial charge on any atom is 0.261 e. The first-order chi connectivity index (χ1) is 14.6. The SMILES string of the molecule is CCCN(Cc1cccn1Cc1ccccc1Cl)C(=O)c1c(OC)cccc1OC. The molecule has 0 radical (unpaired) electrons. The lowest BCUT2D eigenvalue weighted by molar-refractivity contribution is 0.0732. The molecule has 0 fully saturated rings. The number of ether oxygens (including phenoxy) is 2. The van der Waals surface area contributed by atoms with E-state index >= 15 is 0 Å². The van der Waals surface area contributed by atoms with Crippen LogP contribution in [0.15, 0.2) is 60.8 Å². The zero-order valence-corrected chi connectivity index (χ0v) is 18.4. The third kappa shape index (κ3) is 4.79. The van der Waals surface area contributed by atoms with Gasteiger partial charge >= 0.3 is 0 Å². The Kier molecular flexibility index (Phi) is 7.41. The minimum absolute atomic E-state index is 0.114. The van der Waals surface area contributed by atoms with Gasteiger partial charge in [-0.05, 0) is 42.3 Å². The van der Waals surface area contributed by atoms with Crippen LogP contribution in [0.2, 0.25) is 5.02 Å². The van der Waals surface area contributed by atoms with Crippen LogP contribution in [-0.2, 0) is 13.1 Å². The van der Waals surface area contributed by atoms with Crippen LogP contribution in [0.3, 0.4) is 0 Å². The zero-order valence-electron chi connectivity index (χ0n) is 17.6. The molecule has 0 aliphatic carbocycles. The Morgan fingerprint density at radius 1 is 1.00 bits per heavy atom. The maximum absolute atomic E-state index is 13.5. The predicted octanol–water partition coefficient (Wildman–Crippen LogP) is 5.26. The van der Waals surface area contributed by atoms with Crippen LogP contribution in [0.5, 0.6) is 11.5 Å². The molecule has 0 unspecified atom stereocenters. The van der Waals surface area contributed by atoms with Crippen molar-refractivity contribution in [3.05, 3.63) is 82.6 Å². The van der Waals surface area contributed by atoms with Gasteiger partial charge in [-0.15, -0.1) is 0 Å². The number of benzene rings is 2. The molecule has 158 valence electrons. The van der Waals surface area contributed by atoms with Gasteiger partial charge in [0.1, 0.15) is 17.1 Å². The first-order valence-corrected chi connectivity index (χ1v) is 10.3. The van der Waals surface area contributed by atoms with E-state index in [1.807, 2.05) is 53.6 Å². The zero-order chi connectivity index (χ0) is 21.5. The number of aromatic nitrogens is 1. The highest BCUT2D eigenvalue weighted by Crippen LogP contribution is 2.30. The average molecular weight is 427 g/mol. The standard InChI is InChI=1S/C24H27ClN2O3/c1-4-14-27(24(28)23-21(29-2)12-7-13-22(23)30-3)17-19-10-8-15-26(19)16-18-9-5-6-11-20(18)25/h5-13,15H,4,14,16-17H2,1-3H3. The second-order valence-corrected chi connectivity index (χ2v) is 7.39. The molecule has 6 heteroatoms. The van der Waals surface area contributed by atoms with Gasteiger partial charge in [-0.3, -0.25) is 4.79 Å². The molecule has 0 aliphatic rings. The minimum Gasteiger partial charge on any atom is -0.496 e. The van der Waals surface area contributed by atoms with Crippen LogP contribution in [0.4, 0.5) is 0 Å².